The van der Waals surface area contributed by atoms with Crippen LogP contribution >= 0.6 is 0 Å². The van der Waals surface area contributed by atoms with E-state index in [1.54, 1.807) is 0 Å². The molecule has 0 saturated heterocycles. The lowest BCUT2D eigenvalue weighted by atomic mass is 9.99. The van der Waals surface area contributed by atoms with Crippen molar-refractivity contribution in [3.63, 3.8) is 0 Å². The maximum absolute atomic E-state index is 12.6. The summed E-state index contributed by atoms with van der Waals surface area (Å²) in [7, 11) is 0. The molecule has 0 spiro atoms. The molecule has 2 aromatic carbocycles. The zero-order valence-electron chi connectivity index (χ0n) is 13.5. The highest BCUT2D eigenvalue weighted by molar-refractivity contribution is 5.96. The number of aromatic nitrogens is 3. The minimum Gasteiger partial charge on any atom is -0.454 e. The molecule has 0 saturated carbocycles. The van der Waals surface area contributed by atoms with Gasteiger partial charge < -0.3 is 14.8 Å². The van der Waals surface area contributed by atoms with E-state index in [-0.39, 0.29) is 18.6 Å². The van der Waals surface area contributed by atoms with Gasteiger partial charge in [-0.3, -0.25) is 9.89 Å². The number of rotatable bonds is 4. The van der Waals surface area contributed by atoms with Crippen LogP contribution in [0.2, 0.25) is 0 Å². The van der Waals surface area contributed by atoms with Crippen molar-refractivity contribution in [2.75, 3.05) is 12.1 Å². The van der Waals surface area contributed by atoms with E-state index < -0.39 is 0 Å². The topological polar surface area (TPSA) is 89.1 Å². The van der Waals surface area contributed by atoms with Gasteiger partial charge in [0.1, 0.15) is 6.33 Å². The third-order valence-corrected chi connectivity index (χ3v) is 4.11. The highest BCUT2D eigenvalue weighted by Crippen LogP contribution is 2.34. The van der Waals surface area contributed by atoms with Crippen molar-refractivity contribution in [1.29, 1.82) is 0 Å². The van der Waals surface area contributed by atoms with Crippen LogP contribution < -0.4 is 14.8 Å². The molecule has 126 valence electrons. The molecule has 3 aromatic rings. The maximum Gasteiger partial charge on any atom is 0.231 e. The summed E-state index contributed by atoms with van der Waals surface area (Å²) in [4.78, 5) is 16.7. The molecule has 1 atom stereocenters. The van der Waals surface area contributed by atoms with Gasteiger partial charge in [-0.2, -0.15) is 5.10 Å². The number of carbonyl (C=O) groups is 1. The summed E-state index contributed by atoms with van der Waals surface area (Å²) in [5.41, 5.74) is 2.42. The molecule has 1 unspecified atom stereocenters. The van der Waals surface area contributed by atoms with E-state index in [9.17, 15) is 4.79 Å². The summed E-state index contributed by atoms with van der Waals surface area (Å²) in [6.07, 6.45) is 1.45. The first-order valence-corrected chi connectivity index (χ1v) is 7.87. The number of fused-ring (bicyclic) bond motifs is 1. The van der Waals surface area contributed by atoms with Crippen molar-refractivity contribution in [3.05, 3.63) is 54.4 Å². The van der Waals surface area contributed by atoms with Gasteiger partial charge in [0, 0.05) is 11.3 Å². The third-order valence-electron chi connectivity index (χ3n) is 4.11. The number of hydrogen-bond donors (Lipinski definition) is 2. The smallest absolute Gasteiger partial charge is 0.231 e. The number of carbonyl (C=O) groups excluding carboxylic acids is 1. The molecule has 1 aliphatic rings. The predicted molar refractivity (Wildman–Crippen MR) is 91.4 cm³/mol. The Kier molecular flexibility index (Phi) is 3.81. The number of anilines is 1. The molecular formula is C18H16N4O3. The van der Waals surface area contributed by atoms with E-state index in [2.05, 4.69) is 20.5 Å². The van der Waals surface area contributed by atoms with E-state index in [1.165, 1.54) is 6.33 Å². The van der Waals surface area contributed by atoms with Gasteiger partial charge in [0.15, 0.2) is 17.3 Å². The number of nitrogens with zero attached hydrogens (tertiary/aromatic N) is 2. The summed E-state index contributed by atoms with van der Waals surface area (Å²) in [6, 6.07) is 13.0. The van der Waals surface area contributed by atoms with Gasteiger partial charge in [0.05, 0.1) is 5.92 Å². The predicted octanol–water partition coefficient (Wildman–Crippen LogP) is 2.94. The molecule has 4 rings (SSSR count). The van der Waals surface area contributed by atoms with Gasteiger partial charge in [0.25, 0.3) is 0 Å². The van der Waals surface area contributed by atoms with Gasteiger partial charge in [0.2, 0.25) is 12.7 Å². The lowest BCUT2D eigenvalue weighted by Crippen LogP contribution is -2.18. The van der Waals surface area contributed by atoms with Crippen molar-refractivity contribution in [1.82, 2.24) is 15.2 Å². The Bertz CT molecular complexity index is 908. The minimum absolute atomic E-state index is 0.103. The monoisotopic (exact) mass is 336 g/mol. The van der Waals surface area contributed by atoms with Crippen molar-refractivity contribution in [2.24, 2.45) is 0 Å². The Balaban J connectivity index is 1.51. The molecule has 0 aliphatic carbocycles. The number of aromatic amines is 1. The van der Waals surface area contributed by atoms with Crippen LogP contribution in [0.1, 0.15) is 18.4 Å². The van der Waals surface area contributed by atoms with Crippen molar-refractivity contribution >= 4 is 11.6 Å². The normalized spacial score (nSPS) is 13.5. The second kappa shape index (κ2) is 6.27. The first-order valence-electron chi connectivity index (χ1n) is 7.87. The Labute approximate surface area is 144 Å². The SMILES string of the molecule is CC(C(=O)Nc1cccc(-c2ncn[nH]2)c1)c1ccc2c(c1)OCO2. The summed E-state index contributed by atoms with van der Waals surface area (Å²) in [5, 5.41) is 9.58. The highest BCUT2D eigenvalue weighted by atomic mass is 16.7. The van der Waals surface area contributed by atoms with Crippen LogP contribution in [0.5, 0.6) is 11.5 Å². The van der Waals surface area contributed by atoms with Crippen LogP contribution in [0.3, 0.4) is 0 Å². The molecule has 2 N–H and O–H groups in total. The molecule has 0 fully saturated rings. The van der Waals surface area contributed by atoms with Crippen molar-refractivity contribution < 1.29 is 14.3 Å². The first kappa shape index (κ1) is 15.2. The zero-order chi connectivity index (χ0) is 17.2. The largest absolute Gasteiger partial charge is 0.454 e. The number of hydrogen-bond acceptors (Lipinski definition) is 5. The zero-order valence-corrected chi connectivity index (χ0v) is 13.5. The van der Waals surface area contributed by atoms with Gasteiger partial charge in [-0.15, -0.1) is 0 Å². The van der Waals surface area contributed by atoms with Gasteiger partial charge in [-0.25, -0.2) is 4.98 Å². The standard InChI is InChI=1S/C18H16N4O3/c1-11(12-5-6-15-16(8-12)25-10-24-15)18(23)21-14-4-2-3-13(7-14)17-19-9-20-22-17/h2-9,11H,10H2,1H3,(H,21,23)(H,19,20,22). The Hall–Kier alpha value is -3.35. The van der Waals surface area contributed by atoms with E-state index in [0.29, 0.717) is 23.0 Å². The van der Waals surface area contributed by atoms with E-state index in [1.807, 2.05) is 49.4 Å². The van der Waals surface area contributed by atoms with E-state index in [0.717, 1.165) is 11.1 Å². The molecule has 1 aromatic heterocycles. The number of H-pyrrole nitrogens is 1. The summed E-state index contributed by atoms with van der Waals surface area (Å²) < 4.78 is 10.7. The van der Waals surface area contributed by atoms with Crippen LogP contribution in [-0.2, 0) is 4.79 Å². The fraction of sp³-hybridized carbons (Fsp3) is 0.167. The second-order valence-corrected chi connectivity index (χ2v) is 5.74. The van der Waals surface area contributed by atoms with Crippen LogP contribution in [-0.4, -0.2) is 27.9 Å². The summed E-state index contributed by atoms with van der Waals surface area (Å²) in [6.45, 7) is 2.07. The minimum atomic E-state index is -0.330. The summed E-state index contributed by atoms with van der Waals surface area (Å²) >= 11 is 0. The number of amides is 1. The van der Waals surface area contributed by atoms with Gasteiger partial charge in [-0.1, -0.05) is 18.2 Å². The molecule has 7 heteroatoms. The Morgan fingerprint density at radius 1 is 1.20 bits per heavy atom. The average Bonchev–Trinajstić information content (AvgIpc) is 3.32. The molecule has 0 radical (unpaired) electrons. The van der Waals surface area contributed by atoms with Gasteiger partial charge in [-0.05, 0) is 36.8 Å². The van der Waals surface area contributed by atoms with Crippen molar-refractivity contribution in [3.8, 4) is 22.9 Å². The third kappa shape index (κ3) is 3.03. The first-order chi connectivity index (χ1) is 12.2. The van der Waals surface area contributed by atoms with Crippen molar-refractivity contribution in [2.45, 2.75) is 12.8 Å². The number of nitrogens with one attached hydrogen (secondary N) is 2. The summed E-state index contributed by atoms with van der Waals surface area (Å²) in [5.74, 6) is 1.59. The Morgan fingerprint density at radius 3 is 2.92 bits per heavy atom. The molecule has 2 heterocycles. The molecular weight excluding hydrogens is 320 g/mol. The van der Waals surface area contributed by atoms with Gasteiger partial charge >= 0.3 is 0 Å². The van der Waals surface area contributed by atoms with E-state index >= 15 is 0 Å². The molecule has 0 bridgehead atoms. The quantitative estimate of drug-likeness (QED) is 0.764. The Morgan fingerprint density at radius 2 is 2.08 bits per heavy atom. The van der Waals surface area contributed by atoms with Crippen LogP contribution in [0.25, 0.3) is 11.4 Å². The molecule has 1 amide bonds. The van der Waals surface area contributed by atoms with Crippen LogP contribution in [0.4, 0.5) is 5.69 Å². The van der Waals surface area contributed by atoms with Crippen LogP contribution in [0, 0.1) is 0 Å². The van der Waals surface area contributed by atoms with E-state index in [4.69, 9.17) is 9.47 Å². The lowest BCUT2D eigenvalue weighted by molar-refractivity contribution is -0.117. The number of benzene rings is 2. The average molecular weight is 336 g/mol. The van der Waals surface area contributed by atoms with Crippen LogP contribution in [0.15, 0.2) is 48.8 Å². The molecule has 1 aliphatic heterocycles. The molecule has 25 heavy (non-hydrogen) atoms. The second-order valence-electron chi connectivity index (χ2n) is 5.74. The fourth-order valence-electron chi connectivity index (χ4n) is 2.67. The lowest BCUT2D eigenvalue weighted by Gasteiger charge is -2.13. The highest BCUT2D eigenvalue weighted by Gasteiger charge is 2.20. The maximum atomic E-state index is 12.6. The molecule has 7 nitrogen and oxygen atoms in total. The fourth-order valence-corrected chi connectivity index (χ4v) is 2.67. The number of ether oxygens (including phenoxy) is 2.